The Kier molecular flexibility index (Phi) is 5.02. The third kappa shape index (κ3) is 3.29. The molecule has 0 saturated heterocycles. The highest BCUT2D eigenvalue weighted by molar-refractivity contribution is 6.04. The molecule has 0 saturated carbocycles. The van der Waals surface area contributed by atoms with Gasteiger partial charge in [-0.25, -0.2) is 0 Å². The van der Waals surface area contributed by atoms with Gasteiger partial charge in [-0.05, 0) is 11.6 Å². The minimum atomic E-state index is -1.09. The van der Waals surface area contributed by atoms with Crippen LogP contribution in [-0.2, 0) is 14.4 Å². The van der Waals surface area contributed by atoms with Crippen LogP contribution in [0.2, 0.25) is 0 Å². The van der Waals surface area contributed by atoms with E-state index in [1.54, 1.807) is 24.3 Å². The van der Waals surface area contributed by atoms with Gasteiger partial charge in [-0.1, -0.05) is 44.0 Å². The van der Waals surface area contributed by atoms with Crippen molar-refractivity contribution >= 4 is 11.8 Å². The zero-order valence-corrected chi connectivity index (χ0v) is 10.5. The van der Waals surface area contributed by atoms with Gasteiger partial charge in [-0.3, -0.25) is 14.4 Å². The number of nitrogens with zero attached hydrogens (tertiary/aromatic N) is 1. The molecule has 0 radical (unpaired) electrons. The average molecular weight is 260 g/mol. The van der Waals surface area contributed by atoms with Crippen LogP contribution in [0.4, 0.5) is 0 Å². The fraction of sp³-hybridized carbons (Fsp3) is 0.143. The van der Waals surface area contributed by atoms with Crippen LogP contribution in [0.15, 0.2) is 61.4 Å². The molecule has 5 nitrogen and oxygen atoms in total. The molecule has 1 rings (SSSR count). The molecule has 1 aliphatic heterocycles. The third-order valence-electron chi connectivity index (χ3n) is 2.47. The van der Waals surface area contributed by atoms with Gasteiger partial charge < -0.3 is 5.73 Å². The molecule has 1 unspecified atom stereocenters. The molecule has 0 bridgehead atoms. The zero-order chi connectivity index (χ0) is 14.4. The third-order valence-corrected chi connectivity index (χ3v) is 2.47. The second-order valence-corrected chi connectivity index (χ2v) is 3.77. The first kappa shape index (κ1) is 14.7. The van der Waals surface area contributed by atoms with Crippen molar-refractivity contribution in [2.24, 2.45) is 11.7 Å². The zero-order valence-electron chi connectivity index (χ0n) is 10.5. The van der Waals surface area contributed by atoms with Crippen LogP contribution in [0.1, 0.15) is 0 Å². The summed E-state index contributed by atoms with van der Waals surface area (Å²) in [6.07, 6.45) is 7.87. The number of hydrogen-bond donors (Lipinski definition) is 1. The number of allylic oxidation sites excluding steroid dienone is 4. The van der Waals surface area contributed by atoms with E-state index in [4.69, 9.17) is 10.6 Å². The van der Waals surface area contributed by atoms with Crippen LogP contribution in [0, 0.1) is 5.92 Å². The number of rotatable bonds is 6. The minimum Gasteiger partial charge on any atom is -0.369 e. The van der Waals surface area contributed by atoms with Gasteiger partial charge in [-0.15, -0.1) is 0 Å². The summed E-state index contributed by atoms with van der Waals surface area (Å²) >= 11 is 0. The van der Waals surface area contributed by atoms with Crippen LogP contribution in [-0.4, -0.2) is 23.5 Å². The molecule has 2 amide bonds. The van der Waals surface area contributed by atoms with E-state index in [9.17, 15) is 9.59 Å². The summed E-state index contributed by atoms with van der Waals surface area (Å²) in [5.74, 6) is -2.41. The molecule has 0 aromatic heterocycles. The normalized spacial score (nSPS) is 19.5. The Bertz CT molecular complexity index is 489. The summed E-state index contributed by atoms with van der Waals surface area (Å²) in [7, 11) is 0. The van der Waals surface area contributed by atoms with Crippen LogP contribution in [0.3, 0.4) is 0 Å². The molecular weight excluding hydrogens is 244 g/mol. The lowest BCUT2D eigenvalue weighted by Crippen LogP contribution is -2.44. The molecule has 100 valence electrons. The average Bonchev–Trinajstić information content (AvgIpc) is 2.36. The first-order chi connectivity index (χ1) is 9.02. The molecule has 2 N–H and O–H groups in total. The summed E-state index contributed by atoms with van der Waals surface area (Å²) in [6.45, 7) is 10.9. The lowest BCUT2D eigenvalue weighted by Gasteiger charge is -2.29. The van der Waals surface area contributed by atoms with Crippen molar-refractivity contribution in [2.75, 3.05) is 6.61 Å². The molecule has 1 heterocycles. The Morgan fingerprint density at radius 3 is 2.74 bits per heavy atom. The number of nitrogens with two attached hydrogens (primary N) is 1. The predicted octanol–water partition coefficient (Wildman–Crippen LogP) is 1.23. The monoisotopic (exact) mass is 260 g/mol. The Labute approximate surface area is 112 Å². The number of hydrogen-bond acceptors (Lipinski definition) is 3. The molecule has 1 atom stereocenters. The highest BCUT2D eigenvalue weighted by atomic mass is 16.7. The Morgan fingerprint density at radius 2 is 2.21 bits per heavy atom. The van der Waals surface area contributed by atoms with E-state index in [0.717, 1.165) is 5.06 Å². The Morgan fingerprint density at radius 1 is 1.53 bits per heavy atom. The van der Waals surface area contributed by atoms with Crippen molar-refractivity contribution < 1.29 is 14.4 Å². The van der Waals surface area contributed by atoms with Crippen molar-refractivity contribution in [3.8, 4) is 0 Å². The molecule has 0 fully saturated rings. The standard InChI is InChI=1S/C14H16N2O3/c1-4-6-7-8-19-16-10(3)9-11(5-2)12(13(15)17)14(16)18/h4-7,9,12H,1-3,8H2,(H2,15,17)/b7-6+. The maximum atomic E-state index is 12.1. The molecule has 0 aromatic carbocycles. The van der Waals surface area contributed by atoms with Crippen molar-refractivity contribution in [1.29, 1.82) is 0 Å². The molecular formula is C14H16N2O3. The van der Waals surface area contributed by atoms with Crippen LogP contribution >= 0.6 is 0 Å². The van der Waals surface area contributed by atoms with Crippen LogP contribution in [0.25, 0.3) is 0 Å². The van der Waals surface area contributed by atoms with E-state index in [1.165, 1.54) is 6.08 Å². The first-order valence-corrected chi connectivity index (χ1v) is 5.59. The maximum absolute atomic E-state index is 12.1. The molecule has 5 heteroatoms. The molecule has 19 heavy (non-hydrogen) atoms. The highest BCUT2D eigenvalue weighted by Gasteiger charge is 2.36. The fourth-order valence-electron chi connectivity index (χ4n) is 1.61. The van der Waals surface area contributed by atoms with Gasteiger partial charge in [-0.2, -0.15) is 5.06 Å². The Balaban J connectivity index is 2.93. The van der Waals surface area contributed by atoms with Gasteiger partial charge in [0.25, 0.3) is 5.91 Å². The Hall–Kier alpha value is -2.40. The number of carbonyl (C=O) groups excluding carboxylic acids is 2. The van der Waals surface area contributed by atoms with Crippen molar-refractivity contribution in [1.82, 2.24) is 5.06 Å². The van der Waals surface area contributed by atoms with Gasteiger partial charge in [0.15, 0.2) is 0 Å². The van der Waals surface area contributed by atoms with Gasteiger partial charge in [0.2, 0.25) is 5.91 Å². The van der Waals surface area contributed by atoms with E-state index in [1.807, 2.05) is 0 Å². The number of primary amides is 1. The first-order valence-electron chi connectivity index (χ1n) is 5.59. The van der Waals surface area contributed by atoms with Gasteiger partial charge in [0.1, 0.15) is 5.92 Å². The van der Waals surface area contributed by atoms with E-state index in [2.05, 4.69) is 19.7 Å². The number of hydroxylamine groups is 2. The summed E-state index contributed by atoms with van der Waals surface area (Å²) in [5, 5.41) is 0.968. The summed E-state index contributed by atoms with van der Waals surface area (Å²) in [5.41, 5.74) is 5.96. The summed E-state index contributed by atoms with van der Waals surface area (Å²) in [6, 6.07) is 0. The molecule has 0 aromatic rings. The van der Waals surface area contributed by atoms with E-state index in [0.29, 0.717) is 11.3 Å². The lowest BCUT2D eigenvalue weighted by atomic mass is 9.93. The predicted molar refractivity (Wildman–Crippen MR) is 72.2 cm³/mol. The van der Waals surface area contributed by atoms with Crippen LogP contribution < -0.4 is 5.73 Å². The number of carbonyl (C=O) groups is 2. The summed E-state index contributed by atoms with van der Waals surface area (Å²) in [4.78, 5) is 28.7. The quantitative estimate of drug-likeness (QED) is 0.576. The fourth-order valence-corrected chi connectivity index (χ4v) is 1.61. The van der Waals surface area contributed by atoms with Crippen molar-refractivity contribution in [3.63, 3.8) is 0 Å². The van der Waals surface area contributed by atoms with Gasteiger partial charge >= 0.3 is 0 Å². The summed E-state index contributed by atoms with van der Waals surface area (Å²) < 4.78 is 0. The highest BCUT2D eigenvalue weighted by Crippen LogP contribution is 2.25. The molecule has 0 spiro atoms. The lowest BCUT2D eigenvalue weighted by molar-refractivity contribution is -0.175. The second kappa shape index (κ2) is 6.51. The van der Waals surface area contributed by atoms with Gasteiger partial charge in [0.05, 0.1) is 12.3 Å². The van der Waals surface area contributed by atoms with Crippen LogP contribution in [0.5, 0.6) is 0 Å². The number of amides is 2. The van der Waals surface area contributed by atoms with E-state index in [-0.39, 0.29) is 6.61 Å². The molecule has 1 aliphatic rings. The maximum Gasteiger partial charge on any atom is 0.267 e. The van der Waals surface area contributed by atoms with E-state index >= 15 is 0 Å². The SMILES string of the molecule is C=C/C=C/CON1C(=C)C=C(C=C)C(C(N)=O)C1=O. The second-order valence-electron chi connectivity index (χ2n) is 3.77. The van der Waals surface area contributed by atoms with Crippen molar-refractivity contribution in [2.45, 2.75) is 0 Å². The minimum absolute atomic E-state index is 0.152. The topological polar surface area (TPSA) is 72.6 Å². The van der Waals surface area contributed by atoms with E-state index < -0.39 is 17.7 Å². The molecule has 0 aliphatic carbocycles. The van der Waals surface area contributed by atoms with Gasteiger partial charge in [0, 0.05) is 0 Å². The van der Waals surface area contributed by atoms with Crippen molar-refractivity contribution in [3.05, 3.63) is 61.4 Å². The largest absolute Gasteiger partial charge is 0.369 e. The smallest absolute Gasteiger partial charge is 0.267 e.